The molecule has 19 heavy (non-hydrogen) atoms. The first-order valence-corrected chi connectivity index (χ1v) is 7.10. The summed E-state index contributed by atoms with van der Waals surface area (Å²) in [7, 11) is 0. The number of hydrogen-bond donors (Lipinski definition) is 2. The molecule has 6 heteroatoms. The topological polar surface area (TPSA) is 64.7 Å². The van der Waals surface area contributed by atoms with Crippen molar-refractivity contribution >= 4 is 11.8 Å². The maximum absolute atomic E-state index is 12.0. The number of rotatable bonds is 6. The van der Waals surface area contributed by atoms with Gasteiger partial charge in [0.2, 0.25) is 11.8 Å². The van der Waals surface area contributed by atoms with Crippen LogP contribution in [0.4, 0.5) is 0 Å². The van der Waals surface area contributed by atoms with E-state index in [0.717, 1.165) is 26.2 Å². The monoisotopic (exact) mass is 270 g/mol. The maximum atomic E-state index is 12.0. The predicted octanol–water partition coefficient (Wildman–Crippen LogP) is -0.735. The van der Waals surface area contributed by atoms with Crippen molar-refractivity contribution in [3.63, 3.8) is 0 Å². The quantitative estimate of drug-likeness (QED) is 0.667. The third-order valence-corrected chi connectivity index (χ3v) is 3.61. The Bertz CT molecular complexity index is 299. The molecule has 0 aromatic carbocycles. The third-order valence-electron chi connectivity index (χ3n) is 3.61. The molecule has 6 nitrogen and oxygen atoms in total. The summed E-state index contributed by atoms with van der Waals surface area (Å²) in [4.78, 5) is 27.6. The third kappa shape index (κ3) is 4.80. The predicted molar refractivity (Wildman–Crippen MR) is 74.8 cm³/mol. The second-order valence-corrected chi connectivity index (χ2v) is 4.75. The maximum Gasteiger partial charge on any atom is 0.241 e. The van der Waals surface area contributed by atoms with Crippen molar-refractivity contribution < 1.29 is 9.59 Å². The van der Waals surface area contributed by atoms with Crippen molar-refractivity contribution in [3.8, 4) is 0 Å². The van der Waals surface area contributed by atoms with Gasteiger partial charge in [0.1, 0.15) is 0 Å². The first-order valence-electron chi connectivity index (χ1n) is 7.10. The molecule has 0 radical (unpaired) electrons. The lowest BCUT2D eigenvalue weighted by atomic mass is 10.2. The van der Waals surface area contributed by atoms with Gasteiger partial charge in [-0.25, -0.2) is 0 Å². The minimum absolute atomic E-state index is 0.0224. The standard InChI is InChI=1S/C13H26N4O2/c1-4-16(5-2)12(18)10-15-13(19)11(3)17-8-6-14-7-9-17/h11,14H,4-10H2,1-3H3,(H,15,19). The summed E-state index contributed by atoms with van der Waals surface area (Å²) in [6.07, 6.45) is 0. The molecule has 0 aliphatic carbocycles. The van der Waals surface area contributed by atoms with E-state index in [2.05, 4.69) is 15.5 Å². The fourth-order valence-electron chi connectivity index (χ4n) is 2.23. The molecule has 1 heterocycles. The number of hydrogen-bond acceptors (Lipinski definition) is 4. The van der Waals surface area contributed by atoms with Gasteiger partial charge in [-0.05, 0) is 20.8 Å². The van der Waals surface area contributed by atoms with Crippen LogP contribution in [-0.2, 0) is 9.59 Å². The van der Waals surface area contributed by atoms with E-state index < -0.39 is 0 Å². The largest absolute Gasteiger partial charge is 0.346 e. The molecule has 0 aromatic heterocycles. The summed E-state index contributed by atoms with van der Waals surface area (Å²) in [5.74, 6) is -0.0896. The lowest BCUT2D eigenvalue weighted by Crippen LogP contribution is -2.53. The Hall–Kier alpha value is -1.14. The van der Waals surface area contributed by atoms with Crippen LogP contribution in [0.15, 0.2) is 0 Å². The van der Waals surface area contributed by atoms with Gasteiger partial charge in [-0.2, -0.15) is 0 Å². The van der Waals surface area contributed by atoms with E-state index >= 15 is 0 Å². The molecule has 1 atom stereocenters. The van der Waals surface area contributed by atoms with Gasteiger partial charge in [0.15, 0.2) is 0 Å². The fraction of sp³-hybridized carbons (Fsp3) is 0.846. The van der Waals surface area contributed by atoms with Gasteiger partial charge in [0.25, 0.3) is 0 Å². The smallest absolute Gasteiger partial charge is 0.241 e. The van der Waals surface area contributed by atoms with E-state index in [1.54, 1.807) is 4.90 Å². The minimum atomic E-state index is -0.174. The molecule has 1 saturated heterocycles. The molecule has 110 valence electrons. The molecule has 1 aliphatic rings. The van der Waals surface area contributed by atoms with Crippen molar-refractivity contribution in [2.75, 3.05) is 45.8 Å². The van der Waals surface area contributed by atoms with Crippen LogP contribution in [0.2, 0.25) is 0 Å². The molecule has 1 aliphatic heterocycles. The van der Waals surface area contributed by atoms with Gasteiger partial charge in [-0.3, -0.25) is 14.5 Å². The Morgan fingerprint density at radius 3 is 2.37 bits per heavy atom. The SMILES string of the molecule is CCN(CC)C(=O)CNC(=O)C(C)N1CCNCC1. The van der Waals surface area contributed by atoms with Crippen molar-refractivity contribution in [1.82, 2.24) is 20.4 Å². The summed E-state index contributed by atoms with van der Waals surface area (Å²) < 4.78 is 0. The number of piperazine rings is 1. The lowest BCUT2D eigenvalue weighted by Gasteiger charge is -2.31. The highest BCUT2D eigenvalue weighted by Gasteiger charge is 2.23. The molecule has 2 amide bonds. The number of carbonyl (C=O) groups excluding carboxylic acids is 2. The second-order valence-electron chi connectivity index (χ2n) is 4.75. The molecular weight excluding hydrogens is 244 g/mol. The molecular formula is C13H26N4O2. The second kappa shape index (κ2) is 8.12. The molecule has 0 aromatic rings. The number of nitrogens with zero attached hydrogens (tertiary/aromatic N) is 2. The fourth-order valence-corrected chi connectivity index (χ4v) is 2.23. The zero-order valence-corrected chi connectivity index (χ0v) is 12.2. The van der Waals surface area contributed by atoms with Crippen LogP contribution in [0, 0.1) is 0 Å². The molecule has 2 N–H and O–H groups in total. The molecule has 1 rings (SSSR count). The highest BCUT2D eigenvalue weighted by molar-refractivity contribution is 5.87. The first kappa shape index (κ1) is 15.9. The number of nitrogens with one attached hydrogen (secondary N) is 2. The molecule has 0 bridgehead atoms. The number of amides is 2. The molecule has 1 fully saturated rings. The van der Waals surface area contributed by atoms with Crippen LogP contribution in [0.3, 0.4) is 0 Å². The molecule has 0 saturated carbocycles. The van der Waals surface area contributed by atoms with Crippen molar-refractivity contribution in [2.45, 2.75) is 26.8 Å². The van der Waals surface area contributed by atoms with Crippen molar-refractivity contribution in [1.29, 1.82) is 0 Å². The van der Waals surface area contributed by atoms with E-state index in [1.807, 2.05) is 20.8 Å². The summed E-state index contributed by atoms with van der Waals surface area (Å²) in [6, 6.07) is -0.174. The number of likely N-dealkylation sites (N-methyl/N-ethyl adjacent to an activating group) is 1. The van der Waals surface area contributed by atoms with Crippen LogP contribution in [-0.4, -0.2) is 73.5 Å². The van der Waals surface area contributed by atoms with Crippen LogP contribution >= 0.6 is 0 Å². The zero-order chi connectivity index (χ0) is 14.3. The van der Waals surface area contributed by atoms with Gasteiger partial charge in [-0.1, -0.05) is 0 Å². The van der Waals surface area contributed by atoms with E-state index in [4.69, 9.17) is 0 Å². The van der Waals surface area contributed by atoms with Crippen molar-refractivity contribution in [2.24, 2.45) is 0 Å². The van der Waals surface area contributed by atoms with Gasteiger partial charge in [0, 0.05) is 39.3 Å². The summed E-state index contributed by atoms with van der Waals surface area (Å²) in [5.41, 5.74) is 0. The van der Waals surface area contributed by atoms with Crippen molar-refractivity contribution in [3.05, 3.63) is 0 Å². The average Bonchev–Trinajstić information content (AvgIpc) is 2.46. The van der Waals surface area contributed by atoms with Gasteiger partial charge >= 0.3 is 0 Å². The van der Waals surface area contributed by atoms with Crippen LogP contribution in [0.5, 0.6) is 0 Å². The normalized spacial score (nSPS) is 17.8. The molecule has 0 spiro atoms. The minimum Gasteiger partial charge on any atom is -0.346 e. The Morgan fingerprint density at radius 1 is 1.26 bits per heavy atom. The Morgan fingerprint density at radius 2 is 1.84 bits per heavy atom. The Balaban J connectivity index is 2.35. The van der Waals surface area contributed by atoms with E-state index in [0.29, 0.717) is 13.1 Å². The van der Waals surface area contributed by atoms with Gasteiger partial charge in [0.05, 0.1) is 12.6 Å². The number of carbonyl (C=O) groups is 2. The highest BCUT2D eigenvalue weighted by Crippen LogP contribution is 2.01. The van der Waals surface area contributed by atoms with Crippen LogP contribution in [0.1, 0.15) is 20.8 Å². The summed E-state index contributed by atoms with van der Waals surface area (Å²) in [6.45, 7) is 10.8. The van der Waals surface area contributed by atoms with Crippen LogP contribution in [0.25, 0.3) is 0 Å². The van der Waals surface area contributed by atoms with E-state index in [1.165, 1.54) is 0 Å². The average molecular weight is 270 g/mol. The Kier molecular flexibility index (Phi) is 6.80. The summed E-state index contributed by atoms with van der Waals surface area (Å²) in [5, 5.41) is 5.99. The first-order chi connectivity index (χ1) is 9.10. The summed E-state index contributed by atoms with van der Waals surface area (Å²) >= 11 is 0. The zero-order valence-electron chi connectivity index (χ0n) is 12.2. The molecule has 1 unspecified atom stereocenters. The highest BCUT2D eigenvalue weighted by atomic mass is 16.2. The lowest BCUT2D eigenvalue weighted by molar-refractivity contribution is -0.134. The van der Waals surface area contributed by atoms with E-state index in [-0.39, 0.29) is 24.4 Å². The van der Waals surface area contributed by atoms with E-state index in [9.17, 15) is 9.59 Å². The van der Waals surface area contributed by atoms with Gasteiger partial charge < -0.3 is 15.5 Å². The van der Waals surface area contributed by atoms with Gasteiger partial charge in [-0.15, -0.1) is 0 Å². The van der Waals surface area contributed by atoms with Crippen LogP contribution < -0.4 is 10.6 Å². The Labute approximate surface area is 115 Å².